The van der Waals surface area contributed by atoms with Gasteiger partial charge in [0.25, 0.3) is 0 Å². The van der Waals surface area contributed by atoms with Gasteiger partial charge in [0.15, 0.2) is 5.96 Å². The van der Waals surface area contributed by atoms with E-state index in [9.17, 15) is 8.42 Å². The second kappa shape index (κ2) is 9.89. The van der Waals surface area contributed by atoms with Crippen molar-refractivity contribution in [2.24, 2.45) is 4.99 Å². The minimum atomic E-state index is -3.15. The lowest BCUT2D eigenvalue weighted by Gasteiger charge is -2.38. The molecule has 0 spiro atoms. The van der Waals surface area contributed by atoms with E-state index in [1.165, 1.54) is 5.56 Å². The number of sulfonamides is 1. The number of nitrogens with zero attached hydrogens (tertiary/aromatic N) is 2. The molecule has 0 bridgehead atoms. The van der Waals surface area contributed by atoms with Crippen LogP contribution in [0.3, 0.4) is 0 Å². The normalized spacial score (nSPS) is 22.2. The Labute approximate surface area is 157 Å². The fourth-order valence-corrected chi connectivity index (χ4v) is 3.68. The van der Waals surface area contributed by atoms with E-state index < -0.39 is 10.0 Å². The number of hydrogen-bond acceptors (Lipinski definition) is 4. The van der Waals surface area contributed by atoms with Gasteiger partial charge in [-0.05, 0) is 25.3 Å². The molecule has 1 heterocycles. The van der Waals surface area contributed by atoms with Crippen molar-refractivity contribution in [1.82, 2.24) is 20.3 Å². The van der Waals surface area contributed by atoms with Crippen molar-refractivity contribution < 1.29 is 8.42 Å². The van der Waals surface area contributed by atoms with Crippen LogP contribution in [0.25, 0.3) is 0 Å². The van der Waals surface area contributed by atoms with Crippen LogP contribution in [-0.2, 0) is 16.6 Å². The maximum Gasteiger partial charge on any atom is 0.208 e. The van der Waals surface area contributed by atoms with Gasteiger partial charge in [-0.1, -0.05) is 30.3 Å². The first kappa shape index (κ1) is 20.7. The molecule has 1 aliphatic rings. The molecule has 1 aromatic rings. The van der Waals surface area contributed by atoms with Crippen molar-refractivity contribution in [3.05, 3.63) is 35.9 Å². The van der Waals surface area contributed by atoms with Gasteiger partial charge < -0.3 is 10.6 Å². The monoisotopic (exact) mass is 381 g/mol. The third-order valence-corrected chi connectivity index (χ3v) is 5.32. The maximum absolute atomic E-state index is 11.1. The highest BCUT2D eigenvalue weighted by Crippen LogP contribution is 2.19. The summed E-state index contributed by atoms with van der Waals surface area (Å²) in [5.74, 6) is 0.717. The summed E-state index contributed by atoms with van der Waals surface area (Å²) in [6.45, 7) is 5.13. The average molecular weight is 382 g/mol. The summed E-state index contributed by atoms with van der Waals surface area (Å²) >= 11 is 0. The highest BCUT2D eigenvalue weighted by molar-refractivity contribution is 7.88. The zero-order chi connectivity index (χ0) is 19.0. The van der Waals surface area contributed by atoms with Crippen molar-refractivity contribution in [3.8, 4) is 0 Å². The Morgan fingerprint density at radius 3 is 2.62 bits per heavy atom. The quantitative estimate of drug-likeness (QED) is 0.369. The molecule has 0 aromatic heterocycles. The fraction of sp³-hybridized carbons (Fsp3) is 0.611. The molecule has 0 aliphatic carbocycles. The number of nitrogens with one attached hydrogen (secondary N) is 3. The highest BCUT2D eigenvalue weighted by atomic mass is 32.2. The number of aliphatic imine (C=N–C) groups is 1. The molecule has 0 radical (unpaired) electrons. The van der Waals surface area contributed by atoms with Crippen molar-refractivity contribution in [2.45, 2.75) is 38.4 Å². The highest BCUT2D eigenvalue weighted by Gasteiger charge is 2.25. The van der Waals surface area contributed by atoms with Crippen LogP contribution in [0.5, 0.6) is 0 Å². The lowest BCUT2D eigenvalue weighted by molar-refractivity contribution is 0.134. The van der Waals surface area contributed by atoms with E-state index in [0.717, 1.165) is 32.2 Å². The van der Waals surface area contributed by atoms with Crippen LogP contribution in [0.2, 0.25) is 0 Å². The molecule has 7 nitrogen and oxygen atoms in total. The SMILES string of the molecule is CN=C(NCCNS(C)(=O)=O)NC1CCN(Cc2ccccc2)C(C)C1. The summed E-state index contributed by atoms with van der Waals surface area (Å²) in [6, 6.07) is 11.4. The minimum Gasteiger partial charge on any atom is -0.355 e. The van der Waals surface area contributed by atoms with Gasteiger partial charge in [0.05, 0.1) is 6.26 Å². The number of hydrogen-bond donors (Lipinski definition) is 3. The zero-order valence-corrected chi connectivity index (χ0v) is 16.7. The van der Waals surface area contributed by atoms with Crippen LogP contribution >= 0.6 is 0 Å². The van der Waals surface area contributed by atoms with E-state index in [1.807, 2.05) is 6.07 Å². The Kier molecular flexibility index (Phi) is 7.86. The topological polar surface area (TPSA) is 85.8 Å². The molecular weight excluding hydrogens is 350 g/mol. The summed E-state index contributed by atoms with van der Waals surface area (Å²) in [5.41, 5.74) is 1.35. The fourth-order valence-electron chi connectivity index (χ4n) is 3.21. The van der Waals surface area contributed by atoms with Crippen molar-refractivity contribution in [3.63, 3.8) is 0 Å². The molecule has 2 atom stereocenters. The van der Waals surface area contributed by atoms with E-state index in [-0.39, 0.29) is 0 Å². The first-order valence-corrected chi connectivity index (χ1v) is 11.0. The van der Waals surface area contributed by atoms with Crippen LogP contribution in [0.1, 0.15) is 25.3 Å². The Morgan fingerprint density at radius 2 is 2.00 bits per heavy atom. The van der Waals surface area contributed by atoms with Crippen LogP contribution < -0.4 is 15.4 Å². The van der Waals surface area contributed by atoms with E-state index in [2.05, 4.69) is 56.4 Å². The first-order chi connectivity index (χ1) is 12.4. The molecule has 3 N–H and O–H groups in total. The number of piperidine rings is 1. The Morgan fingerprint density at radius 1 is 1.27 bits per heavy atom. The van der Waals surface area contributed by atoms with Crippen LogP contribution in [-0.4, -0.2) is 64.3 Å². The summed E-state index contributed by atoms with van der Waals surface area (Å²) in [6.07, 6.45) is 3.26. The lowest BCUT2D eigenvalue weighted by atomic mass is 9.97. The van der Waals surface area contributed by atoms with Gasteiger partial charge in [-0.15, -0.1) is 0 Å². The van der Waals surface area contributed by atoms with Gasteiger partial charge in [-0.25, -0.2) is 13.1 Å². The Balaban J connectivity index is 1.75. The van der Waals surface area contributed by atoms with E-state index in [1.54, 1.807) is 7.05 Å². The molecule has 1 saturated heterocycles. The number of benzene rings is 1. The maximum atomic E-state index is 11.1. The average Bonchev–Trinajstić information content (AvgIpc) is 2.60. The van der Waals surface area contributed by atoms with Gasteiger partial charge in [-0.3, -0.25) is 9.89 Å². The molecule has 146 valence electrons. The summed E-state index contributed by atoms with van der Waals surface area (Å²) in [7, 11) is -1.42. The van der Waals surface area contributed by atoms with Crippen molar-refractivity contribution in [2.75, 3.05) is 32.9 Å². The molecule has 26 heavy (non-hydrogen) atoms. The molecular formula is C18H31N5O2S. The Hall–Kier alpha value is -1.64. The number of rotatable bonds is 7. The Bertz CT molecular complexity index is 678. The van der Waals surface area contributed by atoms with Gasteiger partial charge in [-0.2, -0.15) is 0 Å². The van der Waals surface area contributed by atoms with Gasteiger partial charge in [0.2, 0.25) is 10.0 Å². The zero-order valence-electron chi connectivity index (χ0n) is 15.9. The summed E-state index contributed by atoms with van der Waals surface area (Å²) < 4.78 is 24.6. The van der Waals surface area contributed by atoms with E-state index in [0.29, 0.717) is 31.1 Å². The van der Waals surface area contributed by atoms with E-state index >= 15 is 0 Å². The second-order valence-electron chi connectivity index (χ2n) is 6.84. The molecule has 2 rings (SSSR count). The third-order valence-electron chi connectivity index (χ3n) is 4.59. The first-order valence-electron chi connectivity index (χ1n) is 9.07. The summed E-state index contributed by atoms with van der Waals surface area (Å²) in [5, 5.41) is 6.61. The number of guanidine groups is 1. The minimum absolute atomic E-state index is 0.339. The predicted octanol–water partition coefficient (Wildman–Crippen LogP) is 0.754. The van der Waals surface area contributed by atoms with Crippen LogP contribution in [0.4, 0.5) is 0 Å². The molecule has 1 aliphatic heterocycles. The van der Waals surface area contributed by atoms with Gasteiger partial charge >= 0.3 is 0 Å². The second-order valence-corrected chi connectivity index (χ2v) is 8.67. The molecule has 0 saturated carbocycles. The summed E-state index contributed by atoms with van der Waals surface area (Å²) in [4.78, 5) is 6.75. The van der Waals surface area contributed by atoms with E-state index in [4.69, 9.17) is 0 Å². The van der Waals surface area contributed by atoms with Crippen molar-refractivity contribution >= 4 is 16.0 Å². The lowest BCUT2D eigenvalue weighted by Crippen LogP contribution is -2.51. The number of likely N-dealkylation sites (tertiary alicyclic amines) is 1. The third kappa shape index (κ3) is 7.31. The van der Waals surface area contributed by atoms with Crippen molar-refractivity contribution in [1.29, 1.82) is 0 Å². The standard InChI is InChI=1S/C18H31N5O2S/c1-15-13-17(9-12-23(15)14-16-7-5-4-6-8-16)22-18(19-2)20-10-11-21-26(3,24)25/h4-8,15,17,21H,9-14H2,1-3H3,(H2,19,20,22). The van der Waals surface area contributed by atoms with Crippen LogP contribution in [0.15, 0.2) is 35.3 Å². The molecule has 2 unspecified atom stereocenters. The molecule has 8 heteroatoms. The smallest absolute Gasteiger partial charge is 0.208 e. The predicted molar refractivity (Wildman–Crippen MR) is 107 cm³/mol. The largest absolute Gasteiger partial charge is 0.355 e. The van der Waals surface area contributed by atoms with Crippen LogP contribution in [0, 0.1) is 0 Å². The molecule has 1 fully saturated rings. The van der Waals surface area contributed by atoms with Gasteiger partial charge in [0.1, 0.15) is 0 Å². The van der Waals surface area contributed by atoms with Gasteiger partial charge in [0, 0.05) is 45.3 Å². The molecule has 1 aromatic carbocycles. The molecule has 0 amide bonds.